The molecule has 0 heterocycles. The van der Waals surface area contributed by atoms with E-state index >= 15 is 0 Å². The van der Waals surface area contributed by atoms with Crippen LogP contribution in [0.25, 0.3) is 0 Å². The number of halogens is 1. The number of amides is 2. The lowest BCUT2D eigenvalue weighted by atomic mass is 10.1. The molecule has 0 saturated heterocycles. The van der Waals surface area contributed by atoms with Gasteiger partial charge in [-0.1, -0.05) is 23.7 Å². The van der Waals surface area contributed by atoms with E-state index in [2.05, 4.69) is 5.32 Å². The number of benzene rings is 2. The molecule has 0 aliphatic rings. The van der Waals surface area contributed by atoms with Crippen LogP contribution in [-0.4, -0.2) is 49.6 Å². The molecule has 0 bridgehead atoms. The number of carbonyl (C=O) groups excluding carboxylic acids is 2. The molecule has 0 saturated carbocycles. The molecular weight excluding hydrogens is 420 g/mol. The van der Waals surface area contributed by atoms with Crippen molar-refractivity contribution in [1.82, 2.24) is 10.2 Å². The lowest BCUT2D eigenvalue weighted by Crippen LogP contribution is -2.50. The van der Waals surface area contributed by atoms with Crippen LogP contribution < -0.4 is 19.5 Å². The van der Waals surface area contributed by atoms with E-state index in [-0.39, 0.29) is 31.0 Å². The highest BCUT2D eigenvalue weighted by Gasteiger charge is 2.27. The molecule has 2 rings (SSSR count). The number of carbonyl (C=O) groups is 2. The Kier molecular flexibility index (Phi) is 9.00. The molecule has 0 spiro atoms. The third-order valence-electron chi connectivity index (χ3n) is 4.53. The highest BCUT2D eigenvalue weighted by atomic mass is 35.5. The molecule has 0 fully saturated rings. The number of hydrogen-bond donors (Lipinski definition) is 1. The van der Waals surface area contributed by atoms with Crippen LogP contribution in [0.2, 0.25) is 5.02 Å². The van der Waals surface area contributed by atoms with Crippen molar-refractivity contribution < 1.29 is 23.8 Å². The number of ether oxygens (including phenoxy) is 3. The fourth-order valence-electron chi connectivity index (χ4n) is 2.91. The molecule has 31 heavy (non-hydrogen) atoms. The average molecular weight is 449 g/mol. The maximum Gasteiger partial charge on any atom is 0.261 e. The van der Waals surface area contributed by atoms with E-state index in [0.717, 1.165) is 5.56 Å². The van der Waals surface area contributed by atoms with Gasteiger partial charge < -0.3 is 24.4 Å². The maximum atomic E-state index is 13.1. The monoisotopic (exact) mass is 448 g/mol. The van der Waals surface area contributed by atoms with Crippen LogP contribution in [0.1, 0.15) is 26.3 Å². The zero-order chi connectivity index (χ0) is 23.0. The van der Waals surface area contributed by atoms with Gasteiger partial charge in [0.15, 0.2) is 6.61 Å². The van der Waals surface area contributed by atoms with Gasteiger partial charge in [-0.15, -0.1) is 0 Å². The highest BCUT2D eigenvalue weighted by Crippen LogP contribution is 2.27. The zero-order valence-corrected chi connectivity index (χ0v) is 19.2. The first-order chi connectivity index (χ1) is 14.7. The van der Waals surface area contributed by atoms with E-state index in [1.165, 1.54) is 19.1 Å². The number of methoxy groups -OCH3 is 2. The number of nitrogens with zero attached hydrogens (tertiary/aromatic N) is 1. The molecular formula is C23H29ClN2O5. The van der Waals surface area contributed by atoms with Gasteiger partial charge in [-0.3, -0.25) is 9.59 Å². The van der Waals surface area contributed by atoms with E-state index in [1.54, 1.807) is 43.3 Å². The van der Waals surface area contributed by atoms with E-state index in [4.69, 9.17) is 25.8 Å². The molecule has 2 aromatic rings. The molecule has 168 valence electrons. The van der Waals surface area contributed by atoms with Crippen LogP contribution in [0.4, 0.5) is 0 Å². The van der Waals surface area contributed by atoms with Gasteiger partial charge >= 0.3 is 0 Å². The van der Waals surface area contributed by atoms with Gasteiger partial charge in [0.05, 0.1) is 14.2 Å². The standard InChI is InChI=1S/C23H29ClN2O5/c1-15(2)25-23(28)16(3)26(13-17-7-6-8-18(24)9-17)22(27)14-31-21-11-19(29-4)10-20(12-21)30-5/h6-12,15-16H,13-14H2,1-5H3,(H,25,28). The van der Waals surface area contributed by atoms with Crippen molar-refractivity contribution in [3.63, 3.8) is 0 Å². The predicted octanol–water partition coefficient (Wildman–Crippen LogP) is 3.68. The Morgan fingerprint density at radius 1 is 1.00 bits per heavy atom. The van der Waals surface area contributed by atoms with Gasteiger partial charge in [-0.25, -0.2) is 0 Å². The van der Waals surface area contributed by atoms with Crippen molar-refractivity contribution in [2.75, 3.05) is 20.8 Å². The Morgan fingerprint density at radius 3 is 2.16 bits per heavy atom. The molecule has 0 aromatic heterocycles. The first-order valence-electron chi connectivity index (χ1n) is 9.93. The molecule has 1 N–H and O–H groups in total. The second-order valence-corrected chi connectivity index (χ2v) is 7.76. The van der Waals surface area contributed by atoms with Crippen LogP contribution in [0, 0.1) is 0 Å². The molecule has 1 atom stereocenters. The lowest BCUT2D eigenvalue weighted by molar-refractivity contribution is -0.142. The molecule has 2 amide bonds. The van der Waals surface area contributed by atoms with E-state index in [0.29, 0.717) is 22.3 Å². The number of hydrogen-bond acceptors (Lipinski definition) is 5. The van der Waals surface area contributed by atoms with Crippen LogP contribution in [0.3, 0.4) is 0 Å². The Labute approximate surface area is 188 Å². The third-order valence-corrected chi connectivity index (χ3v) is 4.76. The smallest absolute Gasteiger partial charge is 0.261 e. The molecule has 2 aromatic carbocycles. The third kappa shape index (κ3) is 7.36. The molecule has 0 aliphatic heterocycles. The van der Waals surface area contributed by atoms with E-state index in [1.807, 2.05) is 19.9 Å². The molecule has 0 radical (unpaired) electrons. The quantitative estimate of drug-likeness (QED) is 0.600. The fraction of sp³-hybridized carbons (Fsp3) is 0.391. The minimum Gasteiger partial charge on any atom is -0.496 e. The lowest BCUT2D eigenvalue weighted by Gasteiger charge is -2.29. The normalized spacial score (nSPS) is 11.6. The van der Waals surface area contributed by atoms with Gasteiger partial charge in [0, 0.05) is 35.8 Å². The SMILES string of the molecule is COc1cc(OC)cc(OCC(=O)N(Cc2cccc(Cl)c2)C(C)C(=O)NC(C)C)c1. The largest absolute Gasteiger partial charge is 0.496 e. The molecule has 8 heteroatoms. The summed E-state index contributed by atoms with van der Waals surface area (Å²) in [5, 5.41) is 3.41. The first kappa shape index (κ1) is 24.3. The van der Waals surface area contributed by atoms with Gasteiger partial charge in [0.25, 0.3) is 5.91 Å². The van der Waals surface area contributed by atoms with Crippen molar-refractivity contribution >= 4 is 23.4 Å². The van der Waals surface area contributed by atoms with E-state index in [9.17, 15) is 9.59 Å². The van der Waals surface area contributed by atoms with Crippen LogP contribution in [0.15, 0.2) is 42.5 Å². The summed E-state index contributed by atoms with van der Waals surface area (Å²) in [7, 11) is 3.07. The topological polar surface area (TPSA) is 77.1 Å². The van der Waals surface area contributed by atoms with Crippen molar-refractivity contribution in [3.8, 4) is 17.2 Å². The number of rotatable bonds is 10. The van der Waals surface area contributed by atoms with Crippen LogP contribution >= 0.6 is 11.6 Å². The summed E-state index contributed by atoms with van der Waals surface area (Å²) in [6, 6.07) is 11.5. The van der Waals surface area contributed by atoms with Crippen molar-refractivity contribution in [2.45, 2.75) is 39.4 Å². The summed E-state index contributed by atoms with van der Waals surface area (Å²) in [5.41, 5.74) is 0.813. The fourth-order valence-corrected chi connectivity index (χ4v) is 3.13. The van der Waals surface area contributed by atoms with E-state index < -0.39 is 6.04 Å². The molecule has 7 nitrogen and oxygen atoms in total. The minimum absolute atomic E-state index is 0.0430. The average Bonchev–Trinajstić information content (AvgIpc) is 2.74. The van der Waals surface area contributed by atoms with Gasteiger partial charge in [0.2, 0.25) is 5.91 Å². The number of nitrogens with one attached hydrogen (secondary N) is 1. The Morgan fingerprint density at radius 2 is 1.61 bits per heavy atom. The van der Waals surface area contributed by atoms with Crippen LogP contribution in [0.5, 0.6) is 17.2 Å². The summed E-state index contributed by atoms with van der Waals surface area (Å²) in [6.45, 7) is 5.39. The van der Waals surface area contributed by atoms with Crippen molar-refractivity contribution in [1.29, 1.82) is 0 Å². The summed E-state index contributed by atoms with van der Waals surface area (Å²) in [4.78, 5) is 27.1. The Bertz CT molecular complexity index is 881. The van der Waals surface area contributed by atoms with Crippen LogP contribution in [-0.2, 0) is 16.1 Å². The summed E-state index contributed by atoms with van der Waals surface area (Å²) in [6.07, 6.45) is 0. The maximum absolute atomic E-state index is 13.1. The van der Waals surface area contributed by atoms with Gasteiger partial charge in [-0.05, 0) is 38.5 Å². The Balaban J connectivity index is 2.19. The minimum atomic E-state index is -0.697. The second-order valence-electron chi connectivity index (χ2n) is 7.33. The van der Waals surface area contributed by atoms with Crippen molar-refractivity contribution in [2.24, 2.45) is 0 Å². The Hall–Kier alpha value is -2.93. The first-order valence-corrected chi connectivity index (χ1v) is 10.3. The van der Waals surface area contributed by atoms with Gasteiger partial charge in [0.1, 0.15) is 23.3 Å². The highest BCUT2D eigenvalue weighted by molar-refractivity contribution is 6.30. The van der Waals surface area contributed by atoms with Gasteiger partial charge in [-0.2, -0.15) is 0 Å². The molecule has 0 aliphatic carbocycles. The predicted molar refractivity (Wildman–Crippen MR) is 120 cm³/mol. The second kappa shape index (κ2) is 11.5. The van der Waals surface area contributed by atoms with Crippen molar-refractivity contribution in [3.05, 3.63) is 53.1 Å². The zero-order valence-electron chi connectivity index (χ0n) is 18.5. The summed E-state index contributed by atoms with van der Waals surface area (Å²) in [5.74, 6) is 0.928. The molecule has 1 unspecified atom stereocenters. The summed E-state index contributed by atoms with van der Waals surface area (Å²) >= 11 is 6.09. The summed E-state index contributed by atoms with van der Waals surface area (Å²) < 4.78 is 16.2.